The van der Waals surface area contributed by atoms with Gasteiger partial charge in [-0.1, -0.05) is 27.7 Å². The standard InChI is InChI=1S/C16H19F7/c1-8(2)12-6-11(7-13(9(3)4)10(12)5)14(17,18)15(19,20)16(21,22)23/h6-9H,1-5H3. The zero-order valence-corrected chi connectivity index (χ0v) is 13.5. The zero-order chi connectivity index (χ0) is 18.4. The van der Waals surface area contributed by atoms with Crippen molar-refractivity contribution in [1.82, 2.24) is 0 Å². The Labute approximate surface area is 130 Å². The fourth-order valence-electron chi connectivity index (χ4n) is 2.50. The maximum Gasteiger partial charge on any atom is 0.460 e. The highest BCUT2D eigenvalue weighted by atomic mass is 19.4. The van der Waals surface area contributed by atoms with Crippen molar-refractivity contribution < 1.29 is 30.7 Å². The number of benzene rings is 1. The van der Waals surface area contributed by atoms with Crippen LogP contribution in [0.2, 0.25) is 0 Å². The molecule has 0 N–H and O–H groups in total. The Balaban J connectivity index is 3.66. The minimum Gasteiger partial charge on any atom is -0.194 e. The van der Waals surface area contributed by atoms with Crippen LogP contribution in [0.3, 0.4) is 0 Å². The first-order chi connectivity index (χ1) is 10.1. The number of hydrogen-bond donors (Lipinski definition) is 0. The molecule has 0 spiro atoms. The molecule has 0 heterocycles. The SMILES string of the molecule is Cc1c(C(C)C)cc(C(F)(F)C(F)(F)C(F)(F)F)cc1C(C)C. The molecule has 0 atom stereocenters. The molecule has 0 aromatic heterocycles. The third-order valence-electron chi connectivity index (χ3n) is 3.84. The van der Waals surface area contributed by atoms with Gasteiger partial charge in [-0.3, -0.25) is 0 Å². The monoisotopic (exact) mass is 344 g/mol. The first kappa shape index (κ1) is 19.8. The summed E-state index contributed by atoms with van der Waals surface area (Å²) in [5.41, 5.74) is -0.00426. The van der Waals surface area contributed by atoms with Crippen molar-refractivity contribution in [3.05, 3.63) is 34.4 Å². The molecule has 0 aliphatic rings. The van der Waals surface area contributed by atoms with Crippen LogP contribution in [0.4, 0.5) is 30.7 Å². The van der Waals surface area contributed by atoms with Gasteiger partial charge in [0.15, 0.2) is 0 Å². The predicted octanol–water partition coefficient (Wildman–Crippen LogP) is 6.53. The van der Waals surface area contributed by atoms with E-state index < -0.39 is 23.6 Å². The maximum atomic E-state index is 14.0. The largest absolute Gasteiger partial charge is 0.460 e. The Morgan fingerprint density at radius 1 is 0.739 bits per heavy atom. The van der Waals surface area contributed by atoms with Gasteiger partial charge in [0.05, 0.1) is 0 Å². The van der Waals surface area contributed by atoms with Crippen LogP contribution in [0.1, 0.15) is 61.8 Å². The lowest BCUT2D eigenvalue weighted by molar-refractivity contribution is -0.359. The Kier molecular flexibility index (Phi) is 5.14. The number of hydrogen-bond acceptors (Lipinski definition) is 0. The van der Waals surface area contributed by atoms with Crippen LogP contribution in [-0.2, 0) is 5.92 Å². The van der Waals surface area contributed by atoms with Gasteiger partial charge in [0.25, 0.3) is 0 Å². The van der Waals surface area contributed by atoms with E-state index in [1.165, 1.54) is 0 Å². The molecule has 0 saturated carbocycles. The Bertz CT molecular complexity index is 539. The zero-order valence-electron chi connectivity index (χ0n) is 13.5. The van der Waals surface area contributed by atoms with Gasteiger partial charge in [0.2, 0.25) is 0 Å². The Hall–Kier alpha value is -1.27. The van der Waals surface area contributed by atoms with E-state index >= 15 is 0 Å². The molecule has 0 aliphatic carbocycles. The van der Waals surface area contributed by atoms with E-state index in [1.54, 1.807) is 34.6 Å². The summed E-state index contributed by atoms with van der Waals surface area (Å²) in [5, 5.41) is 0. The normalized spacial score (nSPS) is 14.0. The van der Waals surface area contributed by atoms with E-state index in [0.717, 1.165) is 12.1 Å². The van der Waals surface area contributed by atoms with Crippen molar-refractivity contribution in [3.8, 4) is 0 Å². The van der Waals surface area contributed by atoms with E-state index in [-0.39, 0.29) is 11.8 Å². The smallest absolute Gasteiger partial charge is 0.194 e. The molecule has 0 radical (unpaired) electrons. The van der Waals surface area contributed by atoms with Crippen LogP contribution < -0.4 is 0 Å². The van der Waals surface area contributed by atoms with Gasteiger partial charge in [-0.2, -0.15) is 30.7 Å². The van der Waals surface area contributed by atoms with Gasteiger partial charge in [0, 0.05) is 5.56 Å². The number of rotatable bonds is 4. The molecule has 1 aromatic carbocycles. The predicted molar refractivity (Wildman–Crippen MR) is 74.3 cm³/mol. The second-order valence-corrected chi connectivity index (χ2v) is 6.24. The first-order valence-electron chi connectivity index (χ1n) is 7.11. The van der Waals surface area contributed by atoms with Gasteiger partial charge in [-0.05, 0) is 47.6 Å². The summed E-state index contributed by atoms with van der Waals surface area (Å²) in [6.07, 6.45) is -6.34. The molecule has 1 rings (SSSR count). The van der Waals surface area contributed by atoms with Crippen LogP contribution in [0.25, 0.3) is 0 Å². The fraction of sp³-hybridized carbons (Fsp3) is 0.625. The van der Waals surface area contributed by atoms with Crippen molar-refractivity contribution in [2.75, 3.05) is 0 Å². The first-order valence-corrected chi connectivity index (χ1v) is 7.11. The van der Waals surface area contributed by atoms with Crippen molar-refractivity contribution in [3.63, 3.8) is 0 Å². The summed E-state index contributed by atoms with van der Waals surface area (Å²) in [7, 11) is 0. The molecular weight excluding hydrogens is 325 g/mol. The third-order valence-corrected chi connectivity index (χ3v) is 3.84. The molecule has 132 valence electrons. The summed E-state index contributed by atoms with van der Waals surface area (Å²) >= 11 is 0. The van der Waals surface area contributed by atoms with E-state index in [0.29, 0.717) is 16.7 Å². The van der Waals surface area contributed by atoms with E-state index in [1.807, 2.05) is 0 Å². The summed E-state index contributed by atoms with van der Waals surface area (Å²) in [4.78, 5) is 0. The molecule has 0 bridgehead atoms. The molecule has 23 heavy (non-hydrogen) atoms. The maximum absolute atomic E-state index is 14.0. The second kappa shape index (κ2) is 5.98. The second-order valence-electron chi connectivity index (χ2n) is 6.24. The van der Waals surface area contributed by atoms with E-state index in [2.05, 4.69) is 0 Å². The summed E-state index contributed by atoms with van der Waals surface area (Å²) in [6, 6.07) is 1.51. The minimum atomic E-state index is -6.34. The Morgan fingerprint density at radius 3 is 1.35 bits per heavy atom. The molecule has 0 unspecified atom stereocenters. The summed E-state index contributed by atoms with van der Waals surface area (Å²) < 4.78 is 91.7. The fourth-order valence-corrected chi connectivity index (χ4v) is 2.50. The molecule has 0 aliphatic heterocycles. The van der Waals surface area contributed by atoms with E-state index in [9.17, 15) is 30.7 Å². The number of halogens is 7. The van der Waals surface area contributed by atoms with Crippen molar-refractivity contribution >= 4 is 0 Å². The molecule has 1 aromatic rings. The molecule has 0 saturated heterocycles. The van der Waals surface area contributed by atoms with Crippen molar-refractivity contribution in [1.29, 1.82) is 0 Å². The van der Waals surface area contributed by atoms with Gasteiger partial charge in [0.1, 0.15) is 0 Å². The minimum absolute atomic E-state index is 0.289. The average Bonchev–Trinajstić information content (AvgIpc) is 2.36. The van der Waals surface area contributed by atoms with Crippen LogP contribution in [0, 0.1) is 6.92 Å². The van der Waals surface area contributed by atoms with Gasteiger partial charge < -0.3 is 0 Å². The highest BCUT2D eigenvalue weighted by molar-refractivity contribution is 5.43. The quantitative estimate of drug-likeness (QED) is 0.545. The van der Waals surface area contributed by atoms with Crippen molar-refractivity contribution in [2.24, 2.45) is 0 Å². The van der Waals surface area contributed by atoms with Crippen LogP contribution in [0.5, 0.6) is 0 Å². The highest BCUT2D eigenvalue weighted by Crippen LogP contribution is 2.52. The van der Waals surface area contributed by atoms with Crippen LogP contribution >= 0.6 is 0 Å². The lowest BCUT2D eigenvalue weighted by Gasteiger charge is -2.30. The molecule has 0 amide bonds. The van der Waals surface area contributed by atoms with Crippen LogP contribution in [0.15, 0.2) is 12.1 Å². The summed E-state index contributed by atoms with van der Waals surface area (Å²) in [6.45, 7) is 8.30. The molecular formula is C16H19F7. The lowest BCUT2D eigenvalue weighted by Crippen LogP contribution is -2.50. The van der Waals surface area contributed by atoms with Gasteiger partial charge in [-0.15, -0.1) is 0 Å². The van der Waals surface area contributed by atoms with Gasteiger partial charge in [-0.25, -0.2) is 0 Å². The Morgan fingerprint density at radius 2 is 1.09 bits per heavy atom. The molecule has 7 heteroatoms. The average molecular weight is 344 g/mol. The van der Waals surface area contributed by atoms with Crippen molar-refractivity contribution in [2.45, 2.75) is 64.5 Å². The topological polar surface area (TPSA) is 0 Å². The molecule has 0 fully saturated rings. The lowest BCUT2D eigenvalue weighted by atomic mass is 9.85. The van der Waals surface area contributed by atoms with Gasteiger partial charge >= 0.3 is 18.0 Å². The summed E-state index contributed by atoms with van der Waals surface area (Å²) in [5.74, 6) is -12.1. The van der Waals surface area contributed by atoms with E-state index in [4.69, 9.17) is 0 Å². The molecule has 0 nitrogen and oxygen atoms in total. The third kappa shape index (κ3) is 3.33. The van der Waals surface area contributed by atoms with Crippen LogP contribution in [-0.4, -0.2) is 12.1 Å². The highest BCUT2D eigenvalue weighted by Gasteiger charge is 2.73. The number of alkyl halides is 7.